The van der Waals surface area contributed by atoms with Gasteiger partial charge in [0.2, 0.25) is 0 Å². The molecule has 0 saturated heterocycles. The third kappa shape index (κ3) is 4.21. The highest BCUT2D eigenvalue weighted by Gasteiger charge is 1.99. The molecule has 0 atom stereocenters. The highest BCUT2D eigenvalue weighted by Crippen LogP contribution is 2.23. The van der Waals surface area contributed by atoms with Crippen molar-refractivity contribution in [2.45, 2.75) is 13.3 Å². The minimum absolute atomic E-state index is 0.704. The Morgan fingerprint density at radius 2 is 2.00 bits per heavy atom. The second-order valence-electron chi connectivity index (χ2n) is 3.31. The van der Waals surface area contributed by atoms with Crippen LogP contribution in [0.2, 0.25) is 0 Å². The quantitative estimate of drug-likeness (QED) is 0.673. The van der Waals surface area contributed by atoms with Crippen LogP contribution in [0, 0.1) is 0 Å². The number of hydrogen-bond donors (Lipinski definition) is 2. The molecule has 0 heterocycles. The fourth-order valence-corrected chi connectivity index (χ4v) is 1.38. The third-order valence-electron chi connectivity index (χ3n) is 2.11. The van der Waals surface area contributed by atoms with Crippen LogP contribution < -0.4 is 15.4 Å². The van der Waals surface area contributed by atoms with Crippen LogP contribution in [0.1, 0.15) is 13.3 Å². The number of anilines is 1. The van der Waals surface area contributed by atoms with Gasteiger partial charge in [0.05, 0.1) is 12.3 Å². The van der Waals surface area contributed by atoms with Gasteiger partial charge in [0.1, 0.15) is 5.75 Å². The van der Waals surface area contributed by atoms with E-state index < -0.39 is 0 Å². The zero-order chi connectivity index (χ0) is 10.9. The molecular weight excluding hydrogens is 188 g/mol. The molecule has 3 heteroatoms. The van der Waals surface area contributed by atoms with Gasteiger partial charge < -0.3 is 15.4 Å². The molecule has 3 nitrogen and oxygen atoms in total. The Balaban J connectivity index is 2.44. The zero-order valence-corrected chi connectivity index (χ0v) is 9.55. The van der Waals surface area contributed by atoms with Crippen molar-refractivity contribution in [2.24, 2.45) is 0 Å². The molecule has 0 spiro atoms. The zero-order valence-electron chi connectivity index (χ0n) is 9.55. The van der Waals surface area contributed by atoms with Gasteiger partial charge >= 0.3 is 0 Å². The molecule has 0 unspecified atom stereocenters. The van der Waals surface area contributed by atoms with Crippen LogP contribution in [0.3, 0.4) is 0 Å². The fraction of sp³-hybridized carbons (Fsp3) is 0.500. The highest BCUT2D eigenvalue weighted by molar-refractivity contribution is 5.56. The van der Waals surface area contributed by atoms with Crippen molar-refractivity contribution in [2.75, 3.05) is 32.1 Å². The molecule has 0 bridgehead atoms. The van der Waals surface area contributed by atoms with Crippen molar-refractivity contribution >= 4 is 5.69 Å². The summed E-state index contributed by atoms with van der Waals surface area (Å²) in [5.74, 6) is 0.935. The van der Waals surface area contributed by atoms with Gasteiger partial charge in [-0.25, -0.2) is 0 Å². The van der Waals surface area contributed by atoms with E-state index in [2.05, 4.69) is 10.6 Å². The SMILES string of the molecule is CCOc1ccccc1NCCCNC. The first-order chi connectivity index (χ1) is 7.38. The Kier molecular flexibility index (Phi) is 5.63. The fourth-order valence-electron chi connectivity index (χ4n) is 1.38. The summed E-state index contributed by atoms with van der Waals surface area (Å²) in [4.78, 5) is 0. The second-order valence-corrected chi connectivity index (χ2v) is 3.31. The van der Waals surface area contributed by atoms with E-state index in [1.807, 2.05) is 38.2 Å². The molecule has 1 aromatic rings. The predicted octanol–water partition coefficient (Wildman–Crippen LogP) is 2.11. The van der Waals surface area contributed by atoms with Crippen LogP contribution in [0.15, 0.2) is 24.3 Å². The van der Waals surface area contributed by atoms with Crippen LogP contribution in [0.5, 0.6) is 5.75 Å². The van der Waals surface area contributed by atoms with E-state index >= 15 is 0 Å². The van der Waals surface area contributed by atoms with Gasteiger partial charge in [0.25, 0.3) is 0 Å². The minimum atomic E-state index is 0.704. The summed E-state index contributed by atoms with van der Waals surface area (Å²) < 4.78 is 5.52. The van der Waals surface area contributed by atoms with Gasteiger partial charge in [-0.1, -0.05) is 12.1 Å². The summed E-state index contributed by atoms with van der Waals surface area (Å²) >= 11 is 0. The molecule has 0 saturated carbocycles. The number of benzene rings is 1. The summed E-state index contributed by atoms with van der Waals surface area (Å²) in [5, 5.41) is 6.49. The van der Waals surface area contributed by atoms with Gasteiger partial charge in [-0.05, 0) is 39.1 Å². The molecule has 1 aromatic carbocycles. The van der Waals surface area contributed by atoms with Crippen LogP contribution in [-0.2, 0) is 0 Å². The van der Waals surface area contributed by atoms with Crippen LogP contribution >= 0.6 is 0 Å². The number of hydrogen-bond acceptors (Lipinski definition) is 3. The van der Waals surface area contributed by atoms with E-state index in [-0.39, 0.29) is 0 Å². The Morgan fingerprint density at radius 3 is 2.73 bits per heavy atom. The van der Waals surface area contributed by atoms with Crippen molar-refractivity contribution in [3.8, 4) is 5.75 Å². The average molecular weight is 208 g/mol. The first kappa shape index (κ1) is 11.9. The van der Waals surface area contributed by atoms with E-state index in [9.17, 15) is 0 Å². The van der Waals surface area contributed by atoms with E-state index in [0.29, 0.717) is 6.61 Å². The monoisotopic (exact) mass is 208 g/mol. The predicted molar refractivity (Wildman–Crippen MR) is 64.6 cm³/mol. The van der Waals surface area contributed by atoms with Crippen LogP contribution in [-0.4, -0.2) is 26.7 Å². The summed E-state index contributed by atoms with van der Waals surface area (Å²) in [6.07, 6.45) is 1.11. The van der Waals surface area contributed by atoms with Crippen molar-refractivity contribution in [3.63, 3.8) is 0 Å². The maximum absolute atomic E-state index is 5.52. The number of rotatable bonds is 7. The first-order valence-electron chi connectivity index (χ1n) is 5.48. The number of ether oxygens (including phenoxy) is 1. The molecule has 84 valence electrons. The van der Waals surface area contributed by atoms with Crippen molar-refractivity contribution in [1.29, 1.82) is 0 Å². The smallest absolute Gasteiger partial charge is 0.142 e. The largest absolute Gasteiger partial charge is 0.492 e. The maximum atomic E-state index is 5.52. The molecule has 0 radical (unpaired) electrons. The molecule has 0 aliphatic heterocycles. The molecule has 1 rings (SSSR count). The Bertz CT molecular complexity index is 276. The lowest BCUT2D eigenvalue weighted by molar-refractivity contribution is 0.341. The molecule has 2 N–H and O–H groups in total. The van der Waals surface area contributed by atoms with Crippen molar-refractivity contribution in [1.82, 2.24) is 5.32 Å². The molecule has 0 amide bonds. The standard InChI is InChI=1S/C12H20N2O/c1-3-15-12-8-5-4-7-11(12)14-10-6-9-13-2/h4-5,7-8,13-14H,3,6,9-10H2,1-2H3. The van der Waals surface area contributed by atoms with E-state index in [4.69, 9.17) is 4.74 Å². The molecule has 0 aliphatic carbocycles. The average Bonchev–Trinajstić information content (AvgIpc) is 2.27. The maximum Gasteiger partial charge on any atom is 0.142 e. The summed E-state index contributed by atoms with van der Waals surface area (Å²) in [6.45, 7) is 4.70. The Labute approximate surface area is 91.8 Å². The van der Waals surface area contributed by atoms with Gasteiger partial charge in [-0.2, -0.15) is 0 Å². The van der Waals surface area contributed by atoms with Gasteiger partial charge in [0, 0.05) is 6.54 Å². The van der Waals surface area contributed by atoms with Crippen LogP contribution in [0.25, 0.3) is 0 Å². The Hall–Kier alpha value is -1.22. The number of nitrogens with one attached hydrogen (secondary N) is 2. The Morgan fingerprint density at radius 1 is 1.20 bits per heavy atom. The normalized spacial score (nSPS) is 10.0. The molecule has 15 heavy (non-hydrogen) atoms. The van der Waals surface area contributed by atoms with E-state index in [1.54, 1.807) is 0 Å². The molecule has 0 aliphatic rings. The molecule has 0 fully saturated rings. The van der Waals surface area contributed by atoms with Crippen molar-refractivity contribution in [3.05, 3.63) is 24.3 Å². The summed E-state index contributed by atoms with van der Waals surface area (Å²) in [6, 6.07) is 8.04. The lowest BCUT2D eigenvalue weighted by Gasteiger charge is -2.11. The lowest BCUT2D eigenvalue weighted by atomic mass is 10.3. The third-order valence-corrected chi connectivity index (χ3v) is 2.11. The van der Waals surface area contributed by atoms with Crippen LogP contribution in [0.4, 0.5) is 5.69 Å². The van der Waals surface area contributed by atoms with Gasteiger partial charge in [-0.15, -0.1) is 0 Å². The summed E-state index contributed by atoms with van der Waals surface area (Å²) in [5.41, 5.74) is 1.08. The summed E-state index contributed by atoms with van der Waals surface area (Å²) in [7, 11) is 1.97. The molecule has 0 aromatic heterocycles. The van der Waals surface area contributed by atoms with E-state index in [0.717, 1.165) is 30.9 Å². The first-order valence-corrected chi connectivity index (χ1v) is 5.48. The number of para-hydroxylation sites is 2. The lowest BCUT2D eigenvalue weighted by Crippen LogP contribution is -2.13. The second kappa shape index (κ2) is 7.12. The van der Waals surface area contributed by atoms with E-state index in [1.165, 1.54) is 0 Å². The highest BCUT2D eigenvalue weighted by atomic mass is 16.5. The minimum Gasteiger partial charge on any atom is -0.492 e. The topological polar surface area (TPSA) is 33.3 Å². The van der Waals surface area contributed by atoms with Gasteiger partial charge in [-0.3, -0.25) is 0 Å². The van der Waals surface area contributed by atoms with Crippen molar-refractivity contribution < 1.29 is 4.74 Å². The molecular formula is C12H20N2O. The van der Waals surface area contributed by atoms with Gasteiger partial charge in [0.15, 0.2) is 0 Å².